The molecule has 0 N–H and O–H groups in total. The fourth-order valence-electron chi connectivity index (χ4n) is 6.33. The molecule has 0 saturated heterocycles. The fourth-order valence-corrected chi connectivity index (χ4v) is 6.33. The van der Waals surface area contributed by atoms with Gasteiger partial charge in [-0.1, -0.05) is 192 Å². The standard InChI is InChI=1S/C44H70O4/c1-3-5-7-9-11-13-15-17-19-21-23-25-27-37-47-43(45)41-33-29-39(30-34-41)40-31-35-42(36-32-40)44(46)48-38-28-26-24-22-20-18-16-14-12-10-8-6-4-2/h29-36H,3-28,37-38H2,1-2H3. The second-order valence-corrected chi connectivity index (χ2v) is 13.9. The van der Waals surface area contributed by atoms with E-state index in [0.717, 1.165) is 36.8 Å². The molecule has 0 atom stereocenters. The molecule has 0 aliphatic heterocycles. The number of ether oxygens (including phenoxy) is 2. The molecule has 4 nitrogen and oxygen atoms in total. The lowest BCUT2D eigenvalue weighted by Gasteiger charge is -2.08. The van der Waals surface area contributed by atoms with Crippen LogP contribution in [0.25, 0.3) is 11.1 Å². The van der Waals surface area contributed by atoms with E-state index in [-0.39, 0.29) is 11.9 Å². The third-order valence-electron chi connectivity index (χ3n) is 9.54. The minimum Gasteiger partial charge on any atom is -0.462 e. The Morgan fingerprint density at radius 1 is 0.354 bits per heavy atom. The first-order valence-corrected chi connectivity index (χ1v) is 20.2. The Hall–Kier alpha value is -2.62. The van der Waals surface area contributed by atoms with Crippen molar-refractivity contribution in [2.45, 2.75) is 181 Å². The molecule has 270 valence electrons. The molecule has 4 heteroatoms. The first-order chi connectivity index (χ1) is 23.7. The SMILES string of the molecule is CCCCCCCCCCCCCCCOC(=O)c1ccc(-c2ccc(C(=O)OCCCCCCCCCCCCCCC)cc2)cc1. The number of carbonyl (C=O) groups excluding carboxylic acids is 2. The van der Waals surface area contributed by atoms with Gasteiger partial charge in [0.05, 0.1) is 24.3 Å². The van der Waals surface area contributed by atoms with Crippen LogP contribution >= 0.6 is 0 Å². The zero-order valence-corrected chi connectivity index (χ0v) is 31.1. The summed E-state index contributed by atoms with van der Waals surface area (Å²) in [6.45, 7) is 5.50. The van der Waals surface area contributed by atoms with Gasteiger partial charge in [-0.25, -0.2) is 9.59 Å². The molecule has 48 heavy (non-hydrogen) atoms. The Labute approximate surface area is 295 Å². The summed E-state index contributed by atoms with van der Waals surface area (Å²) in [4.78, 5) is 25.0. The topological polar surface area (TPSA) is 52.6 Å². The number of esters is 2. The molecule has 0 fully saturated rings. The number of carbonyl (C=O) groups is 2. The number of hydrogen-bond donors (Lipinski definition) is 0. The molecule has 0 aliphatic rings. The van der Waals surface area contributed by atoms with Crippen LogP contribution in [0, 0.1) is 0 Å². The highest BCUT2D eigenvalue weighted by molar-refractivity contribution is 5.91. The Morgan fingerprint density at radius 2 is 0.583 bits per heavy atom. The average molecular weight is 663 g/mol. The van der Waals surface area contributed by atoms with E-state index in [1.165, 1.54) is 141 Å². The lowest BCUT2D eigenvalue weighted by atomic mass is 10.0. The van der Waals surface area contributed by atoms with Crippen LogP contribution in [0.2, 0.25) is 0 Å². The van der Waals surface area contributed by atoms with Crippen molar-refractivity contribution < 1.29 is 19.1 Å². The molecule has 0 radical (unpaired) electrons. The summed E-state index contributed by atoms with van der Waals surface area (Å²) in [5.74, 6) is -0.524. The molecule has 2 aromatic rings. The molecule has 0 saturated carbocycles. The third kappa shape index (κ3) is 20.7. The quantitative estimate of drug-likeness (QED) is 0.0595. The average Bonchev–Trinajstić information content (AvgIpc) is 3.12. The van der Waals surface area contributed by atoms with Gasteiger partial charge in [-0.2, -0.15) is 0 Å². The van der Waals surface area contributed by atoms with E-state index in [2.05, 4.69) is 13.8 Å². The van der Waals surface area contributed by atoms with Gasteiger partial charge in [0.1, 0.15) is 0 Å². The van der Waals surface area contributed by atoms with Gasteiger partial charge in [0, 0.05) is 0 Å². The van der Waals surface area contributed by atoms with Gasteiger partial charge in [-0.15, -0.1) is 0 Å². The maximum absolute atomic E-state index is 12.5. The van der Waals surface area contributed by atoms with Gasteiger partial charge in [-0.3, -0.25) is 0 Å². The summed E-state index contributed by atoms with van der Waals surface area (Å²) in [5.41, 5.74) is 3.13. The van der Waals surface area contributed by atoms with Gasteiger partial charge in [0.15, 0.2) is 0 Å². The molecule has 2 rings (SSSR count). The molecule has 2 aromatic carbocycles. The Bertz CT molecular complexity index is 957. The maximum atomic E-state index is 12.5. The van der Waals surface area contributed by atoms with Crippen molar-refractivity contribution in [2.75, 3.05) is 13.2 Å². The maximum Gasteiger partial charge on any atom is 0.338 e. The third-order valence-corrected chi connectivity index (χ3v) is 9.54. The second-order valence-electron chi connectivity index (χ2n) is 13.9. The van der Waals surface area contributed by atoms with Crippen molar-refractivity contribution in [3.63, 3.8) is 0 Å². The molecule has 0 heterocycles. The fraction of sp³-hybridized carbons (Fsp3) is 0.682. The molecular weight excluding hydrogens is 592 g/mol. The van der Waals surface area contributed by atoms with E-state index >= 15 is 0 Å². The zero-order chi connectivity index (χ0) is 34.3. The monoisotopic (exact) mass is 663 g/mol. The van der Waals surface area contributed by atoms with Crippen molar-refractivity contribution in [1.82, 2.24) is 0 Å². The summed E-state index contributed by atoms with van der Waals surface area (Å²) >= 11 is 0. The highest BCUT2D eigenvalue weighted by Gasteiger charge is 2.10. The largest absolute Gasteiger partial charge is 0.462 e. The van der Waals surface area contributed by atoms with E-state index in [1.807, 2.05) is 48.5 Å². The van der Waals surface area contributed by atoms with Crippen molar-refractivity contribution in [3.05, 3.63) is 59.7 Å². The first kappa shape index (κ1) is 41.6. The Balaban J connectivity index is 1.50. The van der Waals surface area contributed by atoms with Crippen LogP contribution < -0.4 is 0 Å². The zero-order valence-electron chi connectivity index (χ0n) is 31.1. The van der Waals surface area contributed by atoms with Crippen LogP contribution in [0.4, 0.5) is 0 Å². The Morgan fingerprint density at radius 3 is 0.833 bits per heavy atom. The second kappa shape index (κ2) is 29.3. The van der Waals surface area contributed by atoms with Gasteiger partial charge in [-0.05, 0) is 48.2 Å². The summed E-state index contributed by atoms with van der Waals surface area (Å²) < 4.78 is 11.0. The predicted octanol–water partition coefficient (Wildman–Crippen LogP) is 13.8. The normalized spacial score (nSPS) is 11.1. The van der Waals surface area contributed by atoms with Gasteiger partial charge < -0.3 is 9.47 Å². The smallest absolute Gasteiger partial charge is 0.338 e. The number of benzene rings is 2. The number of hydrogen-bond acceptors (Lipinski definition) is 4. The van der Waals surface area contributed by atoms with E-state index in [0.29, 0.717) is 24.3 Å². The van der Waals surface area contributed by atoms with Gasteiger partial charge >= 0.3 is 11.9 Å². The molecule has 0 aromatic heterocycles. The summed E-state index contributed by atoms with van der Waals surface area (Å²) in [6, 6.07) is 15.0. The molecule has 0 unspecified atom stereocenters. The highest BCUT2D eigenvalue weighted by Crippen LogP contribution is 2.22. The number of rotatable bonds is 31. The van der Waals surface area contributed by atoms with Crippen LogP contribution in [0.3, 0.4) is 0 Å². The summed E-state index contributed by atoms with van der Waals surface area (Å²) in [6.07, 6.45) is 33.8. The van der Waals surface area contributed by atoms with Crippen molar-refractivity contribution in [2.24, 2.45) is 0 Å². The summed E-state index contributed by atoms with van der Waals surface area (Å²) in [7, 11) is 0. The van der Waals surface area contributed by atoms with Crippen LogP contribution in [0.1, 0.15) is 202 Å². The van der Waals surface area contributed by atoms with Crippen molar-refractivity contribution in [1.29, 1.82) is 0 Å². The molecule has 0 amide bonds. The van der Waals surface area contributed by atoms with Gasteiger partial charge in [0.25, 0.3) is 0 Å². The minimum atomic E-state index is -0.262. The number of unbranched alkanes of at least 4 members (excludes halogenated alkanes) is 24. The molecular formula is C44H70O4. The van der Waals surface area contributed by atoms with Crippen LogP contribution in [-0.2, 0) is 9.47 Å². The lowest BCUT2D eigenvalue weighted by molar-refractivity contribution is 0.0488. The van der Waals surface area contributed by atoms with E-state index in [9.17, 15) is 9.59 Å². The van der Waals surface area contributed by atoms with Crippen molar-refractivity contribution >= 4 is 11.9 Å². The van der Waals surface area contributed by atoms with E-state index in [1.54, 1.807) is 0 Å². The first-order valence-electron chi connectivity index (χ1n) is 20.2. The predicted molar refractivity (Wildman–Crippen MR) is 204 cm³/mol. The van der Waals surface area contributed by atoms with Gasteiger partial charge in [0.2, 0.25) is 0 Å². The van der Waals surface area contributed by atoms with Crippen LogP contribution in [-0.4, -0.2) is 25.2 Å². The molecule has 0 bridgehead atoms. The highest BCUT2D eigenvalue weighted by atomic mass is 16.5. The van der Waals surface area contributed by atoms with E-state index < -0.39 is 0 Å². The van der Waals surface area contributed by atoms with Crippen LogP contribution in [0.15, 0.2) is 48.5 Å². The molecule has 0 spiro atoms. The van der Waals surface area contributed by atoms with Crippen molar-refractivity contribution in [3.8, 4) is 11.1 Å². The minimum absolute atomic E-state index is 0.262. The molecule has 0 aliphatic carbocycles. The Kier molecular flexibility index (Phi) is 25.4. The lowest BCUT2D eigenvalue weighted by Crippen LogP contribution is -2.06. The van der Waals surface area contributed by atoms with E-state index in [4.69, 9.17) is 9.47 Å². The van der Waals surface area contributed by atoms with Crippen LogP contribution in [0.5, 0.6) is 0 Å². The summed E-state index contributed by atoms with van der Waals surface area (Å²) in [5, 5.41) is 0.